The number of ether oxygens (including phenoxy) is 3. The first-order valence-corrected chi connectivity index (χ1v) is 9.57. The normalized spacial score (nSPS) is 27.2. The van der Waals surface area contributed by atoms with Gasteiger partial charge in [-0.15, -0.1) is 0 Å². The van der Waals surface area contributed by atoms with Crippen LogP contribution in [0.5, 0.6) is 5.75 Å². The predicted octanol–water partition coefficient (Wildman–Crippen LogP) is 2.25. The molecule has 0 saturated heterocycles. The van der Waals surface area contributed by atoms with Crippen LogP contribution in [-0.2, 0) is 23.9 Å². The Labute approximate surface area is 165 Å². The summed E-state index contributed by atoms with van der Waals surface area (Å²) in [4.78, 5) is 38.1. The standard InChI is InChI=1S/C21H28O7/c1-5-26-14-10-8-13(9-11-14)16-17(19(23)27-6-2)15(22)12-21(4,25)18(16)20(24)28-7-3/h8-11,16-18,25H,5-7,12H2,1-4H3/t16-,17-,18+,21-/m1/s1. The van der Waals surface area contributed by atoms with Gasteiger partial charge in [-0.05, 0) is 45.4 Å². The number of aliphatic hydroxyl groups is 1. The Bertz CT molecular complexity index is 708. The third kappa shape index (κ3) is 4.52. The second-order valence-electron chi connectivity index (χ2n) is 6.99. The molecule has 0 radical (unpaired) electrons. The fraction of sp³-hybridized carbons (Fsp3) is 0.571. The fourth-order valence-corrected chi connectivity index (χ4v) is 3.83. The van der Waals surface area contributed by atoms with Crippen molar-refractivity contribution in [3.8, 4) is 5.75 Å². The monoisotopic (exact) mass is 392 g/mol. The summed E-state index contributed by atoms with van der Waals surface area (Å²) in [6.07, 6.45) is -0.326. The molecule has 0 aromatic heterocycles. The Morgan fingerprint density at radius 2 is 1.61 bits per heavy atom. The summed E-state index contributed by atoms with van der Waals surface area (Å²) in [5, 5.41) is 10.9. The van der Waals surface area contributed by atoms with E-state index >= 15 is 0 Å². The molecule has 1 saturated carbocycles. The summed E-state index contributed by atoms with van der Waals surface area (Å²) < 4.78 is 15.7. The minimum absolute atomic E-state index is 0.110. The molecule has 1 aromatic rings. The molecule has 0 amide bonds. The Morgan fingerprint density at radius 3 is 2.14 bits per heavy atom. The maximum Gasteiger partial charge on any atom is 0.317 e. The Balaban J connectivity index is 2.56. The molecule has 1 aromatic carbocycles. The zero-order valence-electron chi connectivity index (χ0n) is 16.8. The second kappa shape index (κ2) is 9.19. The lowest BCUT2D eigenvalue weighted by Crippen LogP contribution is -2.55. The number of hydrogen-bond donors (Lipinski definition) is 1. The van der Waals surface area contributed by atoms with Gasteiger partial charge in [0.25, 0.3) is 0 Å². The summed E-state index contributed by atoms with van der Waals surface area (Å²) >= 11 is 0. The van der Waals surface area contributed by atoms with Crippen molar-refractivity contribution >= 4 is 17.7 Å². The molecule has 0 bridgehead atoms. The highest BCUT2D eigenvalue weighted by molar-refractivity contribution is 6.02. The van der Waals surface area contributed by atoms with Crippen LogP contribution < -0.4 is 4.74 Å². The zero-order valence-corrected chi connectivity index (χ0v) is 16.8. The van der Waals surface area contributed by atoms with Gasteiger partial charge in [-0.2, -0.15) is 0 Å². The number of ketones is 1. The average Bonchev–Trinajstić information content (AvgIpc) is 2.61. The van der Waals surface area contributed by atoms with Crippen LogP contribution in [-0.4, -0.2) is 48.3 Å². The largest absolute Gasteiger partial charge is 0.494 e. The van der Waals surface area contributed by atoms with Crippen LogP contribution in [0.4, 0.5) is 0 Å². The van der Waals surface area contributed by atoms with E-state index in [0.717, 1.165) is 0 Å². The molecule has 0 unspecified atom stereocenters. The van der Waals surface area contributed by atoms with E-state index < -0.39 is 41.1 Å². The summed E-state index contributed by atoms with van der Waals surface area (Å²) in [5.74, 6) is -4.34. The maximum absolute atomic E-state index is 12.8. The van der Waals surface area contributed by atoms with Crippen molar-refractivity contribution in [2.45, 2.75) is 45.6 Å². The molecular weight excluding hydrogens is 364 g/mol. The number of rotatable bonds is 7. The quantitative estimate of drug-likeness (QED) is 0.561. The first kappa shape index (κ1) is 21.9. The molecule has 7 nitrogen and oxygen atoms in total. The summed E-state index contributed by atoms with van der Waals surface area (Å²) in [6, 6.07) is 6.81. The predicted molar refractivity (Wildman–Crippen MR) is 101 cm³/mol. The van der Waals surface area contributed by atoms with E-state index in [1.54, 1.807) is 38.1 Å². The molecule has 1 aliphatic rings. The molecule has 1 fully saturated rings. The summed E-state index contributed by atoms with van der Waals surface area (Å²) in [7, 11) is 0. The van der Waals surface area contributed by atoms with E-state index in [-0.39, 0.29) is 19.6 Å². The van der Waals surface area contributed by atoms with Crippen molar-refractivity contribution in [2.24, 2.45) is 11.8 Å². The van der Waals surface area contributed by atoms with E-state index in [0.29, 0.717) is 17.9 Å². The molecule has 1 N–H and O–H groups in total. The topological polar surface area (TPSA) is 99.1 Å². The minimum atomic E-state index is -1.64. The van der Waals surface area contributed by atoms with E-state index in [1.807, 2.05) is 6.92 Å². The fourth-order valence-electron chi connectivity index (χ4n) is 3.83. The molecule has 0 spiro atoms. The lowest BCUT2D eigenvalue weighted by molar-refractivity contribution is -0.172. The molecule has 0 aliphatic heterocycles. The van der Waals surface area contributed by atoms with Crippen LogP contribution in [0, 0.1) is 11.8 Å². The van der Waals surface area contributed by atoms with Crippen LogP contribution in [0.2, 0.25) is 0 Å². The van der Waals surface area contributed by atoms with Gasteiger partial charge in [-0.1, -0.05) is 12.1 Å². The van der Waals surface area contributed by atoms with E-state index in [4.69, 9.17) is 14.2 Å². The number of carbonyl (C=O) groups is 3. The average molecular weight is 392 g/mol. The van der Waals surface area contributed by atoms with Crippen molar-refractivity contribution in [3.63, 3.8) is 0 Å². The molecule has 7 heteroatoms. The van der Waals surface area contributed by atoms with Gasteiger partial charge in [0.05, 0.1) is 31.3 Å². The molecule has 0 heterocycles. The van der Waals surface area contributed by atoms with Crippen molar-refractivity contribution in [1.82, 2.24) is 0 Å². The van der Waals surface area contributed by atoms with Crippen molar-refractivity contribution in [2.75, 3.05) is 19.8 Å². The van der Waals surface area contributed by atoms with E-state index in [2.05, 4.69) is 0 Å². The van der Waals surface area contributed by atoms with Crippen LogP contribution in [0.1, 0.15) is 45.6 Å². The highest BCUT2D eigenvalue weighted by Gasteiger charge is 2.57. The van der Waals surface area contributed by atoms with Gasteiger partial charge in [0, 0.05) is 12.3 Å². The van der Waals surface area contributed by atoms with E-state index in [1.165, 1.54) is 6.92 Å². The van der Waals surface area contributed by atoms with Crippen LogP contribution >= 0.6 is 0 Å². The van der Waals surface area contributed by atoms with Crippen molar-refractivity contribution in [3.05, 3.63) is 29.8 Å². The number of benzene rings is 1. The van der Waals surface area contributed by atoms with Crippen molar-refractivity contribution < 1.29 is 33.7 Å². The molecule has 154 valence electrons. The van der Waals surface area contributed by atoms with Gasteiger partial charge >= 0.3 is 11.9 Å². The highest BCUT2D eigenvalue weighted by atomic mass is 16.5. The lowest BCUT2D eigenvalue weighted by atomic mass is 9.61. The lowest BCUT2D eigenvalue weighted by Gasteiger charge is -2.43. The first-order valence-electron chi connectivity index (χ1n) is 9.57. The van der Waals surface area contributed by atoms with Gasteiger partial charge in [0.15, 0.2) is 5.78 Å². The molecule has 28 heavy (non-hydrogen) atoms. The Kier molecular flexibility index (Phi) is 7.18. The van der Waals surface area contributed by atoms with Gasteiger partial charge in [0.1, 0.15) is 11.7 Å². The maximum atomic E-state index is 12.8. The smallest absolute Gasteiger partial charge is 0.317 e. The molecule has 1 aliphatic carbocycles. The summed E-state index contributed by atoms with van der Waals surface area (Å²) in [6.45, 7) is 7.32. The van der Waals surface area contributed by atoms with Crippen molar-refractivity contribution in [1.29, 1.82) is 0 Å². The van der Waals surface area contributed by atoms with Crippen LogP contribution in [0.15, 0.2) is 24.3 Å². The zero-order chi connectivity index (χ0) is 20.9. The van der Waals surface area contributed by atoms with Gasteiger partial charge in [-0.3, -0.25) is 14.4 Å². The SMILES string of the molecule is CCOC(=O)[C@@H]1C(=O)C[C@@](C)(O)[C@H](C(=O)OCC)[C@@H]1c1ccc(OCC)cc1. The van der Waals surface area contributed by atoms with Gasteiger partial charge in [0.2, 0.25) is 0 Å². The third-order valence-electron chi connectivity index (χ3n) is 4.92. The summed E-state index contributed by atoms with van der Waals surface area (Å²) in [5.41, 5.74) is -1.08. The minimum Gasteiger partial charge on any atom is -0.494 e. The highest BCUT2D eigenvalue weighted by Crippen LogP contribution is 2.46. The van der Waals surface area contributed by atoms with Gasteiger partial charge < -0.3 is 19.3 Å². The molecule has 4 atom stereocenters. The van der Waals surface area contributed by atoms with Gasteiger partial charge in [-0.25, -0.2) is 0 Å². The molecule has 2 rings (SSSR count). The number of carbonyl (C=O) groups excluding carboxylic acids is 3. The number of hydrogen-bond acceptors (Lipinski definition) is 7. The molecular formula is C21H28O7. The Hall–Kier alpha value is -2.41. The first-order chi connectivity index (χ1) is 13.3. The third-order valence-corrected chi connectivity index (χ3v) is 4.92. The number of Topliss-reactive ketones (excluding diaryl/α,β-unsaturated/α-hetero) is 1. The van der Waals surface area contributed by atoms with Crippen LogP contribution in [0.3, 0.4) is 0 Å². The Morgan fingerprint density at radius 1 is 1.04 bits per heavy atom. The van der Waals surface area contributed by atoms with Crippen LogP contribution in [0.25, 0.3) is 0 Å². The number of esters is 2. The second-order valence-corrected chi connectivity index (χ2v) is 6.99. The van der Waals surface area contributed by atoms with E-state index in [9.17, 15) is 19.5 Å².